The minimum Gasteiger partial charge on any atom is -0.0654 e. The van der Waals surface area contributed by atoms with Crippen LogP contribution in [0.5, 0.6) is 0 Å². The van der Waals surface area contributed by atoms with Gasteiger partial charge in [-0.15, -0.1) is 0 Å². The van der Waals surface area contributed by atoms with Crippen LogP contribution in [0.2, 0.25) is 0 Å². The zero-order valence-electron chi connectivity index (χ0n) is 18.8. The van der Waals surface area contributed by atoms with Crippen molar-refractivity contribution < 1.29 is 0 Å². The topological polar surface area (TPSA) is 0 Å². The van der Waals surface area contributed by atoms with Crippen LogP contribution in [0.3, 0.4) is 0 Å². The molecule has 0 aliphatic heterocycles. The maximum Gasteiger partial charge on any atom is -0.0323 e. The van der Waals surface area contributed by atoms with Crippen LogP contribution in [0.25, 0.3) is 0 Å². The standard InChI is InChI=1S/C27H48/c1-4-6-9-20-15-21(10-7-5-2)17-24(16-20)27-25-12-8-11-22(25)18-23-13-19(3)14-26(23)27/h19-27H,4-18H2,1-3H3. The first-order valence-electron chi connectivity index (χ1n) is 13.2. The summed E-state index contributed by atoms with van der Waals surface area (Å²) in [6.07, 6.45) is 23.2. The molecule has 0 heterocycles. The highest BCUT2D eigenvalue weighted by Gasteiger charge is 2.52. The smallest absolute Gasteiger partial charge is 0.0323 e. The number of unbranched alkanes of at least 4 members (excludes halogenated alkanes) is 2. The Balaban J connectivity index is 1.51. The summed E-state index contributed by atoms with van der Waals surface area (Å²) in [5, 5.41) is 0. The molecule has 0 aromatic heterocycles. The first-order valence-corrected chi connectivity index (χ1v) is 13.2. The molecule has 0 saturated heterocycles. The van der Waals surface area contributed by atoms with E-state index in [-0.39, 0.29) is 0 Å². The quantitative estimate of drug-likeness (QED) is 0.420. The summed E-state index contributed by atoms with van der Waals surface area (Å²) in [7, 11) is 0. The second-order valence-corrected chi connectivity index (χ2v) is 11.7. The maximum atomic E-state index is 2.57. The summed E-state index contributed by atoms with van der Waals surface area (Å²) in [5.41, 5.74) is 0. The molecular formula is C27H48. The number of rotatable bonds is 7. The van der Waals surface area contributed by atoms with Gasteiger partial charge in [0, 0.05) is 0 Å². The molecule has 8 unspecified atom stereocenters. The number of hydrogen-bond donors (Lipinski definition) is 0. The Morgan fingerprint density at radius 1 is 0.630 bits per heavy atom. The molecule has 0 amide bonds. The lowest BCUT2D eigenvalue weighted by atomic mass is 9.55. The van der Waals surface area contributed by atoms with Crippen molar-refractivity contribution in [3.05, 3.63) is 0 Å². The highest BCUT2D eigenvalue weighted by molar-refractivity contribution is 5.01. The van der Waals surface area contributed by atoms with Crippen molar-refractivity contribution in [3.63, 3.8) is 0 Å². The Kier molecular flexibility index (Phi) is 6.92. The van der Waals surface area contributed by atoms with Gasteiger partial charge < -0.3 is 0 Å². The summed E-state index contributed by atoms with van der Waals surface area (Å²) in [6.45, 7) is 7.35. The lowest BCUT2D eigenvalue weighted by molar-refractivity contribution is -0.00576. The molecule has 0 nitrogen and oxygen atoms in total. The molecule has 0 spiro atoms. The highest BCUT2D eigenvalue weighted by atomic mass is 14.6. The van der Waals surface area contributed by atoms with Gasteiger partial charge in [-0.05, 0) is 98.2 Å². The fourth-order valence-corrected chi connectivity index (χ4v) is 8.85. The van der Waals surface area contributed by atoms with Gasteiger partial charge in [-0.3, -0.25) is 0 Å². The molecule has 0 N–H and O–H groups in total. The van der Waals surface area contributed by atoms with Crippen molar-refractivity contribution >= 4 is 0 Å². The third-order valence-corrected chi connectivity index (χ3v) is 9.71. The van der Waals surface area contributed by atoms with E-state index >= 15 is 0 Å². The van der Waals surface area contributed by atoms with Gasteiger partial charge in [0.15, 0.2) is 0 Å². The van der Waals surface area contributed by atoms with Crippen molar-refractivity contribution in [1.29, 1.82) is 0 Å². The molecule has 156 valence electrons. The zero-order chi connectivity index (χ0) is 18.8. The lowest BCUT2D eigenvalue weighted by Gasteiger charge is -2.50. The maximum absolute atomic E-state index is 2.57. The van der Waals surface area contributed by atoms with Crippen molar-refractivity contribution in [2.45, 2.75) is 117 Å². The summed E-state index contributed by atoms with van der Waals surface area (Å²) in [5.74, 6) is 9.92. The van der Waals surface area contributed by atoms with Crippen LogP contribution in [0.1, 0.15) is 117 Å². The monoisotopic (exact) mass is 372 g/mol. The fourth-order valence-electron chi connectivity index (χ4n) is 8.85. The van der Waals surface area contributed by atoms with E-state index in [4.69, 9.17) is 0 Å². The van der Waals surface area contributed by atoms with Crippen LogP contribution in [0.15, 0.2) is 0 Å². The summed E-state index contributed by atoms with van der Waals surface area (Å²) >= 11 is 0. The SMILES string of the molecule is CCCCC1CC(CCCC)CC(C2C3CCCC3CC3CC(C)CC32)C1. The predicted octanol–water partition coefficient (Wildman–Crippen LogP) is 8.50. The second-order valence-electron chi connectivity index (χ2n) is 11.7. The summed E-state index contributed by atoms with van der Waals surface area (Å²) in [4.78, 5) is 0. The van der Waals surface area contributed by atoms with E-state index < -0.39 is 0 Å². The molecule has 0 radical (unpaired) electrons. The molecule has 4 saturated carbocycles. The Morgan fingerprint density at radius 3 is 2.00 bits per heavy atom. The lowest BCUT2D eigenvalue weighted by Crippen LogP contribution is -2.42. The average molecular weight is 373 g/mol. The largest absolute Gasteiger partial charge is 0.0654 e. The van der Waals surface area contributed by atoms with Crippen molar-refractivity contribution in [3.8, 4) is 0 Å². The van der Waals surface area contributed by atoms with E-state index in [1.54, 1.807) is 70.6 Å². The fraction of sp³-hybridized carbons (Fsp3) is 1.00. The summed E-state index contributed by atoms with van der Waals surface area (Å²) in [6, 6.07) is 0. The second kappa shape index (κ2) is 9.21. The number of fused-ring (bicyclic) bond motifs is 2. The Bertz CT molecular complexity index is 437. The summed E-state index contributed by atoms with van der Waals surface area (Å²) < 4.78 is 0. The Labute approximate surface area is 170 Å². The van der Waals surface area contributed by atoms with E-state index in [1.165, 1.54) is 25.7 Å². The van der Waals surface area contributed by atoms with Gasteiger partial charge in [-0.25, -0.2) is 0 Å². The van der Waals surface area contributed by atoms with Crippen LogP contribution in [0, 0.1) is 53.3 Å². The molecule has 4 fully saturated rings. The zero-order valence-corrected chi connectivity index (χ0v) is 18.8. The van der Waals surface area contributed by atoms with Crippen molar-refractivity contribution in [1.82, 2.24) is 0 Å². The van der Waals surface area contributed by atoms with Crippen LogP contribution in [-0.2, 0) is 0 Å². The van der Waals surface area contributed by atoms with E-state index in [0.29, 0.717) is 0 Å². The minimum atomic E-state index is 1.02. The Morgan fingerprint density at radius 2 is 1.33 bits per heavy atom. The molecule has 8 atom stereocenters. The van der Waals surface area contributed by atoms with E-state index in [0.717, 1.165) is 53.3 Å². The van der Waals surface area contributed by atoms with Gasteiger partial charge in [0.1, 0.15) is 0 Å². The van der Waals surface area contributed by atoms with Crippen molar-refractivity contribution in [2.24, 2.45) is 53.3 Å². The molecule has 4 aliphatic carbocycles. The minimum absolute atomic E-state index is 1.02. The highest BCUT2D eigenvalue weighted by Crippen LogP contribution is 2.60. The molecule has 0 bridgehead atoms. The van der Waals surface area contributed by atoms with E-state index in [1.807, 2.05) is 0 Å². The van der Waals surface area contributed by atoms with Gasteiger partial charge in [0.05, 0.1) is 0 Å². The van der Waals surface area contributed by atoms with Gasteiger partial charge in [0.25, 0.3) is 0 Å². The van der Waals surface area contributed by atoms with E-state index in [2.05, 4.69) is 20.8 Å². The Hall–Kier alpha value is 0. The van der Waals surface area contributed by atoms with Crippen LogP contribution >= 0.6 is 0 Å². The third kappa shape index (κ3) is 4.45. The normalized spacial score (nSPS) is 47.0. The third-order valence-electron chi connectivity index (χ3n) is 9.71. The molecule has 27 heavy (non-hydrogen) atoms. The molecule has 0 heteroatoms. The molecule has 4 aliphatic rings. The van der Waals surface area contributed by atoms with E-state index in [9.17, 15) is 0 Å². The number of hydrogen-bond acceptors (Lipinski definition) is 0. The van der Waals surface area contributed by atoms with Crippen LogP contribution in [0.4, 0.5) is 0 Å². The van der Waals surface area contributed by atoms with Crippen LogP contribution < -0.4 is 0 Å². The first-order chi connectivity index (χ1) is 13.2. The molecule has 4 rings (SSSR count). The first kappa shape index (κ1) is 20.3. The van der Waals surface area contributed by atoms with Crippen LogP contribution in [-0.4, -0.2) is 0 Å². The average Bonchev–Trinajstić information content (AvgIpc) is 3.27. The predicted molar refractivity (Wildman–Crippen MR) is 118 cm³/mol. The van der Waals surface area contributed by atoms with Gasteiger partial charge >= 0.3 is 0 Å². The van der Waals surface area contributed by atoms with Gasteiger partial charge in [0.2, 0.25) is 0 Å². The van der Waals surface area contributed by atoms with Gasteiger partial charge in [-0.2, -0.15) is 0 Å². The van der Waals surface area contributed by atoms with Crippen molar-refractivity contribution in [2.75, 3.05) is 0 Å². The molecular weight excluding hydrogens is 324 g/mol. The molecule has 0 aromatic carbocycles. The molecule has 0 aromatic rings. The van der Waals surface area contributed by atoms with Gasteiger partial charge in [-0.1, -0.05) is 72.1 Å².